The Labute approximate surface area is 142 Å². The van der Waals surface area contributed by atoms with Gasteiger partial charge in [0.1, 0.15) is 11.5 Å². The van der Waals surface area contributed by atoms with E-state index in [0.717, 1.165) is 5.56 Å². The number of benzene rings is 2. The number of para-hydroxylation sites is 2. The average molecular weight is 348 g/mol. The van der Waals surface area contributed by atoms with Crippen LogP contribution in [-0.2, 0) is 21.5 Å². The van der Waals surface area contributed by atoms with Gasteiger partial charge in [-0.25, -0.2) is 0 Å². The summed E-state index contributed by atoms with van der Waals surface area (Å²) in [5.74, 6) is 1.34. The number of nitrogens with one attached hydrogen (secondary N) is 1. The Morgan fingerprint density at radius 3 is 2.42 bits per heavy atom. The first-order valence-electron chi connectivity index (χ1n) is 7.78. The summed E-state index contributed by atoms with van der Waals surface area (Å²) >= 11 is 0. The molecule has 1 fully saturated rings. The van der Waals surface area contributed by atoms with Gasteiger partial charge in [-0.05, 0) is 18.2 Å². The molecule has 7 heteroatoms. The Hall–Kier alpha value is -1.93. The van der Waals surface area contributed by atoms with Crippen molar-refractivity contribution in [2.45, 2.75) is 6.54 Å². The van der Waals surface area contributed by atoms with Gasteiger partial charge in [0, 0.05) is 25.2 Å². The van der Waals surface area contributed by atoms with E-state index in [0.29, 0.717) is 37.8 Å². The first kappa shape index (κ1) is 16.9. The fraction of sp³-hybridized carbons (Fsp3) is 0.294. The SMILES string of the molecule is O=S(=O)(NCc1ccccc1Oc1ccccc1)N1CCOCC1. The quantitative estimate of drug-likeness (QED) is 0.868. The maximum atomic E-state index is 12.3. The van der Waals surface area contributed by atoms with E-state index in [1.807, 2.05) is 54.6 Å². The third-order valence-corrected chi connectivity index (χ3v) is 5.25. The van der Waals surface area contributed by atoms with E-state index < -0.39 is 10.2 Å². The molecule has 0 atom stereocenters. The molecule has 1 N–H and O–H groups in total. The second kappa shape index (κ2) is 7.76. The highest BCUT2D eigenvalue weighted by molar-refractivity contribution is 7.87. The lowest BCUT2D eigenvalue weighted by molar-refractivity contribution is 0.0724. The molecular formula is C17H20N2O4S. The van der Waals surface area contributed by atoms with Crippen LogP contribution >= 0.6 is 0 Å². The summed E-state index contributed by atoms with van der Waals surface area (Å²) in [7, 11) is -3.52. The molecular weight excluding hydrogens is 328 g/mol. The molecule has 128 valence electrons. The highest BCUT2D eigenvalue weighted by Crippen LogP contribution is 2.25. The molecule has 0 saturated carbocycles. The summed E-state index contributed by atoms with van der Waals surface area (Å²) in [6.07, 6.45) is 0. The van der Waals surface area contributed by atoms with Crippen LogP contribution in [0, 0.1) is 0 Å². The van der Waals surface area contributed by atoms with Crippen LogP contribution in [0.5, 0.6) is 11.5 Å². The molecule has 0 amide bonds. The van der Waals surface area contributed by atoms with Crippen molar-refractivity contribution in [1.82, 2.24) is 9.03 Å². The normalized spacial score (nSPS) is 16.0. The molecule has 1 aliphatic rings. The van der Waals surface area contributed by atoms with Gasteiger partial charge in [0.25, 0.3) is 10.2 Å². The van der Waals surface area contributed by atoms with Gasteiger partial charge in [-0.3, -0.25) is 0 Å². The van der Waals surface area contributed by atoms with Crippen molar-refractivity contribution in [2.75, 3.05) is 26.3 Å². The predicted octanol–water partition coefficient (Wildman–Crippen LogP) is 2.15. The van der Waals surface area contributed by atoms with E-state index in [2.05, 4.69) is 4.72 Å². The molecule has 0 unspecified atom stereocenters. The first-order valence-corrected chi connectivity index (χ1v) is 9.22. The van der Waals surface area contributed by atoms with E-state index in [1.54, 1.807) is 0 Å². The molecule has 2 aromatic carbocycles. The minimum atomic E-state index is -3.52. The van der Waals surface area contributed by atoms with Crippen LogP contribution < -0.4 is 9.46 Å². The second-order valence-electron chi connectivity index (χ2n) is 5.36. The molecule has 0 aliphatic carbocycles. The Kier molecular flexibility index (Phi) is 5.47. The lowest BCUT2D eigenvalue weighted by atomic mass is 10.2. The van der Waals surface area contributed by atoms with Crippen LogP contribution in [0.1, 0.15) is 5.56 Å². The molecule has 1 saturated heterocycles. The van der Waals surface area contributed by atoms with Gasteiger partial charge in [-0.2, -0.15) is 17.4 Å². The first-order chi connectivity index (χ1) is 11.6. The molecule has 24 heavy (non-hydrogen) atoms. The molecule has 0 spiro atoms. The van der Waals surface area contributed by atoms with Gasteiger partial charge < -0.3 is 9.47 Å². The maximum Gasteiger partial charge on any atom is 0.279 e. The summed E-state index contributed by atoms with van der Waals surface area (Å²) in [5, 5.41) is 0. The molecule has 0 bridgehead atoms. The summed E-state index contributed by atoms with van der Waals surface area (Å²) in [5.41, 5.74) is 0.776. The van der Waals surface area contributed by atoms with Crippen molar-refractivity contribution < 1.29 is 17.9 Å². The zero-order chi connectivity index (χ0) is 16.8. The monoisotopic (exact) mass is 348 g/mol. The van der Waals surface area contributed by atoms with Crippen molar-refractivity contribution in [1.29, 1.82) is 0 Å². The highest BCUT2D eigenvalue weighted by Gasteiger charge is 2.24. The van der Waals surface area contributed by atoms with Gasteiger partial charge in [-0.1, -0.05) is 36.4 Å². The standard InChI is InChI=1S/C17H20N2O4S/c20-24(21,19-10-12-22-13-11-19)18-14-15-6-4-5-9-17(15)23-16-7-2-1-3-8-16/h1-9,18H,10-14H2. The van der Waals surface area contributed by atoms with Crippen molar-refractivity contribution >= 4 is 10.2 Å². The molecule has 6 nitrogen and oxygen atoms in total. The maximum absolute atomic E-state index is 12.3. The highest BCUT2D eigenvalue weighted by atomic mass is 32.2. The summed E-state index contributed by atoms with van der Waals surface area (Å²) < 4.78 is 39.8. The van der Waals surface area contributed by atoms with Crippen LogP contribution in [0.2, 0.25) is 0 Å². The summed E-state index contributed by atoms with van der Waals surface area (Å²) in [4.78, 5) is 0. The fourth-order valence-corrected chi connectivity index (χ4v) is 3.56. The number of nitrogens with zero attached hydrogens (tertiary/aromatic N) is 1. The van der Waals surface area contributed by atoms with Gasteiger partial charge in [-0.15, -0.1) is 0 Å². The third kappa shape index (κ3) is 4.33. The van der Waals surface area contributed by atoms with E-state index >= 15 is 0 Å². The summed E-state index contributed by atoms with van der Waals surface area (Å²) in [6.45, 7) is 1.76. The molecule has 3 rings (SSSR count). The molecule has 1 aliphatic heterocycles. The van der Waals surface area contributed by atoms with E-state index in [1.165, 1.54) is 4.31 Å². The number of rotatable bonds is 6. The van der Waals surface area contributed by atoms with E-state index in [-0.39, 0.29) is 6.54 Å². The van der Waals surface area contributed by atoms with Gasteiger partial charge >= 0.3 is 0 Å². The Morgan fingerprint density at radius 2 is 1.67 bits per heavy atom. The van der Waals surface area contributed by atoms with Crippen molar-refractivity contribution in [3.8, 4) is 11.5 Å². The second-order valence-corrected chi connectivity index (χ2v) is 7.12. The van der Waals surface area contributed by atoms with Crippen molar-refractivity contribution in [3.05, 3.63) is 60.2 Å². The fourth-order valence-electron chi connectivity index (χ4n) is 2.41. The van der Waals surface area contributed by atoms with Crippen LogP contribution in [-0.4, -0.2) is 39.0 Å². The number of ether oxygens (including phenoxy) is 2. The van der Waals surface area contributed by atoms with Gasteiger partial charge in [0.15, 0.2) is 0 Å². The van der Waals surface area contributed by atoms with Crippen LogP contribution in [0.4, 0.5) is 0 Å². The van der Waals surface area contributed by atoms with Crippen molar-refractivity contribution in [2.24, 2.45) is 0 Å². The van der Waals surface area contributed by atoms with Crippen molar-refractivity contribution in [3.63, 3.8) is 0 Å². The topological polar surface area (TPSA) is 67.9 Å². The molecule has 0 aromatic heterocycles. The zero-order valence-corrected chi connectivity index (χ0v) is 14.0. The molecule has 2 aromatic rings. The zero-order valence-electron chi connectivity index (χ0n) is 13.2. The minimum Gasteiger partial charge on any atom is -0.457 e. The van der Waals surface area contributed by atoms with Gasteiger partial charge in [0.05, 0.1) is 13.2 Å². The Balaban J connectivity index is 1.69. The number of hydrogen-bond acceptors (Lipinski definition) is 4. The van der Waals surface area contributed by atoms with E-state index in [4.69, 9.17) is 9.47 Å². The lowest BCUT2D eigenvalue weighted by Crippen LogP contribution is -2.46. The number of morpholine rings is 1. The van der Waals surface area contributed by atoms with Gasteiger partial charge in [0.2, 0.25) is 0 Å². The summed E-state index contributed by atoms with van der Waals surface area (Å²) in [6, 6.07) is 16.8. The largest absolute Gasteiger partial charge is 0.457 e. The van der Waals surface area contributed by atoms with Crippen LogP contribution in [0.3, 0.4) is 0 Å². The van der Waals surface area contributed by atoms with E-state index in [9.17, 15) is 8.42 Å². The smallest absolute Gasteiger partial charge is 0.279 e. The van der Waals surface area contributed by atoms with Crippen LogP contribution in [0.25, 0.3) is 0 Å². The molecule has 0 radical (unpaired) electrons. The Morgan fingerprint density at radius 1 is 1.00 bits per heavy atom. The third-order valence-electron chi connectivity index (χ3n) is 3.70. The Bertz CT molecular complexity index is 759. The minimum absolute atomic E-state index is 0.169. The predicted molar refractivity (Wildman–Crippen MR) is 91.1 cm³/mol. The lowest BCUT2D eigenvalue weighted by Gasteiger charge is -2.26. The molecule has 1 heterocycles. The number of hydrogen-bond donors (Lipinski definition) is 1. The van der Waals surface area contributed by atoms with Crippen LogP contribution in [0.15, 0.2) is 54.6 Å². The average Bonchev–Trinajstić information content (AvgIpc) is 2.63.